The molecule has 1 aromatic heterocycles. The Morgan fingerprint density at radius 2 is 2.16 bits per heavy atom. The Morgan fingerprint density at radius 1 is 1.42 bits per heavy atom. The summed E-state index contributed by atoms with van der Waals surface area (Å²) in [7, 11) is 0. The molecule has 0 spiro atoms. The third-order valence-corrected chi connectivity index (χ3v) is 3.80. The van der Waals surface area contributed by atoms with Gasteiger partial charge in [0.1, 0.15) is 18.7 Å². The number of carbonyl (C=O) groups is 1. The van der Waals surface area contributed by atoms with Crippen LogP contribution in [0.25, 0.3) is 0 Å². The highest BCUT2D eigenvalue weighted by atomic mass is 16.4. The largest absolute Gasteiger partial charge is 0.480 e. The number of carboxylic acids is 1. The zero-order valence-electron chi connectivity index (χ0n) is 11.6. The molecular weight excluding hydrogens is 242 g/mol. The fourth-order valence-corrected chi connectivity index (χ4v) is 2.56. The molecule has 0 aromatic carbocycles. The number of aliphatic carboxylic acids is 1. The van der Waals surface area contributed by atoms with Crippen LogP contribution in [-0.4, -0.2) is 33.6 Å². The van der Waals surface area contributed by atoms with Gasteiger partial charge in [0.15, 0.2) is 0 Å². The van der Waals surface area contributed by atoms with Gasteiger partial charge in [-0.15, -0.1) is 0 Å². The Balaban J connectivity index is 2.38. The Bertz CT molecular complexity index is 462. The number of nitrogens with zero attached hydrogens (tertiary/aromatic N) is 3. The fourth-order valence-electron chi connectivity index (χ4n) is 2.56. The second kappa shape index (κ2) is 5.99. The van der Waals surface area contributed by atoms with Gasteiger partial charge in [0.05, 0.1) is 0 Å². The van der Waals surface area contributed by atoms with E-state index in [9.17, 15) is 4.79 Å². The van der Waals surface area contributed by atoms with Gasteiger partial charge in [-0.25, -0.2) is 9.97 Å². The van der Waals surface area contributed by atoms with Crippen LogP contribution in [0.1, 0.15) is 44.4 Å². The molecule has 1 unspecified atom stereocenters. The SMILES string of the molecule is CCC(C)N(CC(=O)O)c1ncnc2c1CCCC2. The molecule has 0 amide bonds. The lowest BCUT2D eigenvalue weighted by Crippen LogP contribution is -2.38. The lowest BCUT2D eigenvalue weighted by molar-refractivity contribution is -0.135. The summed E-state index contributed by atoms with van der Waals surface area (Å²) in [4.78, 5) is 21.7. The number of rotatable bonds is 5. The zero-order valence-corrected chi connectivity index (χ0v) is 11.6. The highest BCUT2D eigenvalue weighted by Gasteiger charge is 2.23. The van der Waals surface area contributed by atoms with E-state index in [-0.39, 0.29) is 12.6 Å². The van der Waals surface area contributed by atoms with Crippen molar-refractivity contribution >= 4 is 11.8 Å². The average Bonchev–Trinajstić information content (AvgIpc) is 2.43. The molecule has 1 N–H and O–H groups in total. The highest BCUT2D eigenvalue weighted by Crippen LogP contribution is 2.28. The van der Waals surface area contributed by atoms with Crippen molar-refractivity contribution in [3.05, 3.63) is 17.6 Å². The second-order valence-electron chi connectivity index (χ2n) is 5.11. The first-order valence-corrected chi connectivity index (χ1v) is 6.94. The van der Waals surface area contributed by atoms with Crippen molar-refractivity contribution in [1.82, 2.24) is 9.97 Å². The van der Waals surface area contributed by atoms with E-state index in [1.54, 1.807) is 6.33 Å². The maximum Gasteiger partial charge on any atom is 0.323 e. The standard InChI is InChI=1S/C14H21N3O2/c1-3-10(2)17(8-13(18)19)14-11-6-4-5-7-12(11)15-9-16-14/h9-10H,3-8H2,1-2H3,(H,18,19). The molecule has 5 nitrogen and oxygen atoms in total. The molecule has 0 fully saturated rings. The summed E-state index contributed by atoms with van der Waals surface area (Å²) in [6.07, 6.45) is 6.69. The van der Waals surface area contributed by atoms with Crippen LogP contribution in [0.4, 0.5) is 5.82 Å². The van der Waals surface area contributed by atoms with Gasteiger partial charge in [-0.2, -0.15) is 0 Å². The number of carboxylic acid groups (broad SMARTS) is 1. The number of aryl methyl sites for hydroxylation is 1. The van der Waals surface area contributed by atoms with Gasteiger partial charge in [0.25, 0.3) is 0 Å². The van der Waals surface area contributed by atoms with E-state index < -0.39 is 5.97 Å². The summed E-state index contributed by atoms with van der Waals surface area (Å²) in [5.74, 6) is 0.00456. The number of anilines is 1. The van der Waals surface area contributed by atoms with Crippen LogP contribution in [0.5, 0.6) is 0 Å². The topological polar surface area (TPSA) is 66.3 Å². The van der Waals surface area contributed by atoms with Crippen molar-refractivity contribution in [2.45, 2.75) is 52.0 Å². The summed E-state index contributed by atoms with van der Waals surface area (Å²) in [6, 6.07) is 0.164. The molecule has 1 aromatic rings. The molecule has 1 aliphatic rings. The Kier molecular flexibility index (Phi) is 4.35. The van der Waals surface area contributed by atoms with Crippen LogP contribution in [0.15, 0.2) is 6.33 Å². The van der Waals surface area contributed by atoms with Crippen molar-refractivity contribution in [2.75, 3.05) is 11.4 Å². The van der Waals surface area contributed by atoms with E-state index in [4.69, 9.17) is 5.11 Å². The molecule has 1 aliphatic carbocycles. The van der Waals surface area contributed by atoms with Crippen LogP contribution in [0.3, 0.4) is 0 Å². The predicted molar refractivity (Wildman–Crippen MR) is 73.4 cm³/mol. The van der Waals surface area contributed by atoms with Gasteiger partial charge in [0, 0.05) is 17.3 Å². The minimum absolute atomic E-state index is 0.00153. The van der Waals surface area contributed by atoms with Crippen LogP contribution >= 0.6 is 0 Å². The van der Waals surface area contributed by atoms with E-state index in [0.717, 1.165) is 49.2 Å². The zero-order chi connectivity index (χ0) is 13.8. The number of aromatic nitrogens is 2. The molecule has 0 saturated heterocycles. The predicted octanol–water partition coefficient (Wildman–Crippen LogP) is 2.04. The number of fused-ring (bicyclic) bond motifs is 1. The van der Waals surface area contributed by atoms with Gasteiger partial charge < -0.3 is 10.0 Å². The summed E-state index contributed by atoms with van der Waals surface area (Å²) < 4.78 is 0. The van der Waals surface area contributed by atoms with Crippen molar-refractivity contribution in [3.63, 3.8) is 0 Å². The molecule has 1 atom stereocenters. The third kappa shape index (κ3) is 3.03. The summed E-state index contributed by atoms with van der Waals surface area (Å²) in [5.41, 5.74) is 2.24. The Labute approximate surface area is 113 Å². The minimum Gasteiger partial charge on any atom is -0.480 e. The summed E-state index contributed by atoms with van der Waals surface area (Å²) >= 11 is 0. The fraction of sp³-hybridized carbons (Fsp3) is 0.643. The lowest BCUT2D eigenvalue weighted by atomic mass is 9.96. The Morgan fingerprint density at radius 3 is 2.84 bits per heavy atom. The number of hydrogen-bond acceptors (Lipinski definition) is 4. The van der Waals surface area contributed by atoms with Crippen LogP contribution in [-0.2, 0) is 17.6 Å². The van der Waals surface area contributed by atoms with Gasteiger partial charge in [-0.1, -0.05) is 6.92 Å². The quantitative estimate of drug-likeness (QED) is 0.880. The molecule has 19 heavy (non-hydrogen) atoms. The normalized spacial score (nSPS) is 15.7. The van der Waals surface area contributed by atoms with Gasteiger partial charge >= 0.3 is 5.97 Å². The van der Waals surface area contributed by atoms with Crippen molar-refractivity contribution < 1.29 is 9.90 Å². The first-order valence-electron chi connectivity index (χ1n) is 6.94. The minimum atomic E-state index is -0.816. The second-order valence-corrected chi connectivity index (χ2v) is 5.11. The first kappa shape index (κ1) is 13.8. The molecule has 0 radical (unpaired) electrons. The third-order valence-electron chi connectivity index (χ3n) is 3.80. The smallest absolute Gasteiger partial charge is 0.323 e. The molecule has 5 heteroatoms. The van der Waals surface area contributed by atoms with Crippen LogP contribution in [0.2, 0.25) is 0 Å². The summed E-state index contributed by atoms with van der Waals surface area (Å²) in [5, 5.41) is 9.11. The average molecular weight is 263 g/mol. The molecule has 0 aliphatic heterocycles. The maximum absolute atomic E-state index is 11.1. The monoisotopic (exact) mass is 263 g/mol. The van der Waals surface area contributed by atoms with E-state index in [2.05, 4.69) is 16.9 Å². The van der Waals surface area contributed by atoms with Gasteiger partial charge in [0.2, 0.25) is 0 Å². The van der Waals surface area contributed by atoms with E-state index in [1.807, 2.05) is 11.8 Å². The molecule has 104 valence electrons. The Hall–Kier alpha value is -1.65. The van der Waals surface area contributed by atoms with Crippen molar-refractivity contribution in [1.29, 1.82) is 0 Å². The van der Waals surface area contributed by atoms with Crippen molar-refractivity contribution in [2.24, 2.45) is 0 Å². The lowest BCUT2D eigenvalue weighted by Gasteiger charge is -2.31. The van der Waals surface area contributed by atoms with E-state index in [0.29, 0.717) is 0 Å². The first-order chi connectivity index (χ1) is 9.13. The highest BCUT2D eigenvalue weighted by molar-refractivity contribution is 5.74. The van der Waals surface area contributed by atoms with Gasteiger partial charge in [-0.3, -0.25) is 4.79 Å². The van der Waals surface area contributed by atoms with Crippen molar-refractivity contribution in [3.8, 4) is 0 Å². The van der Waals surface area contributed by atoms with E-state index in [1.165, 1.54) is 0 Å². The van der Waals surface area contributed by atoms with Gasteiger partial charge in [-0.05, 0) is 39.0 Å². The molecule has 0 bridgehead atoms. The van der Waals surface area contributed by atoms with Crippen LogP contribution in [0, 0.1) is 0 Å². The number of hydrogen-bond donors (Lipinski definition) is 1. The maximum atomic E-state index is 11.1. The van der Waals surface area contributed by atoms with Crippen LogP contribution < -0.4 is 4.90 Å². The summed E-state index contributed by atoms with van der Waals surface area (Å²) in [6.45, 7) is 4.10. The molecule has 1 heterocycles. The van der Waals surface area contributed by atoms with E-state index >= 15 is 0 Å². The molecule has 2 rings (SSSR count). The molecule has 0 saturated carbocycles. The molecular formula is C14H21N3O2.